The Morgan fingerprint density at radius 3 is 2.19 bits per heavy atom. The van der Waals surface area contributed by atoms with E-state index in [1.165, 1.54) is 0 Å². The number of thioether (sulfide) groups is 1. The molecule has 198 valence electrons. The molecule has 3 unspecified atom stereocenters. The Labute approximate surface area is 218 Å². The van der Waals surface area contributed by atoms with E-state index in [0.717, 1.165) is 24.0 Å². The fourth-order valence-corrected chi connectivity index (χ4v) is 4.62. The molecule has 0 aliphatic heterocycles. The molecule has 4 N–H and O–H groups in total. The molecule has 0 saturated heterocycles. The Hall–Kier alpha value is -2.55. The predicted molar refractivity (Wildman–Crippen MR) is 146 cm³/mol. The van der Waals surface area contributed by atoms with Gasteiger partial charge in [-0.1, -0.05) is 26.0 Å². The molecule has 0 saturated carbocycles. The number of aliphatic hydroxyl groups excluding tert-OH is 2. The second-order valence-electron chi connectivity index (χ2n) is 9.17. The van der Waals surface area contributed by atoms with Gasteiger partial charge in [-0.15, -0.1) is 0 Å². The zero-order valence-electron chi connectivity index (χ0n) is 21.7. The first-order valence-electron chi connectivity index (χ1n) is 12.5. The summed E-state index contributed by atoms with van der Waals surface area (Å²) in [5.41, 5.74) is 2.36. The standard InChI is InChI=1S/C28H40N2O5S/c1-5-12-30(13-6-2)28(35)22-16-19(3)15-21(18-22)27(34)29-24(26(33)25(32)11-14-36-4)17-20-7-9-23(31)10-8-20/h7-10,15-16,18,24-26,31-33H,5-6,11-14,17H2,1-4H3,(H,29,34). The Morgan fingerprint density at radius 1 is 1.00 bits per heavy atom. The molecule has 0 aliphatic carbocycles. The van der Waals surface area contributed by atoms with Gasteiger partial charge in [-0.25, -0.2) is 0 Å². The summed E-state index contributed by atoms with van der Waals surface area (Å²) in [5, 5.41) is 33.9. The zero-order chi connectivity index (χ0) is 26.7. The Morgan fingerprint density at radius 2 is 1.61 bits per heavy atom. The van der Waals surface area contributed by atoms with Crippen LogP contribution in [0.25, 0.3) is 0 Å². The number of amides is 2. The lowest BCUT2D eigenvalue weighted by Crippen LogP contribution is -2.50. The quantitative estimate of drug-likeness (QED) is 0.304. The first-order chi connectivity index (χ1) is 17.2. The number of carbonyl (C=O) groups excluding carboxylic acids is 2. The number of nitrogens with one attached hydrogen (secondary N) is 1. The molecule has 0 heterocycles. The number of phenols is 1. The number of hydrogen-bond donors (Lipinski definition) is 4. The highest BCUT2D eigenvalue weighted by molar-refractivity contribution is 7.98. The number of aryl methyl sites for hydroxylation is 1. The first kappa shape index (κ1) is 29.7. The summed E-state index contributed by atoms with van der Waals surface area (Å²) in [5.74, 6) is 0.264. The van der Waals surface area contributed by atoms with Gasteiger partial charge >= 0.3 is 0 Å². The van der Waals surface area contributed by atoms with E-state index in [1.807, 2.05) is 27.0 Å². The second kappa shape index (κ2) is 14.9. The van der Waals surface area contributed by atoms with Crippen LogP contribution in [0, 0.1) is 6.92 Å². The lowest BCUT2D eigenvalue weighted by Gasteiger charge is -2.28. The van der Waals surface area contributed by atoms with Gasteiger partial charge in [0.15, 0.2) is 0 Å². The van der Waals surface area contributed by atoms with E-state index in [1.54, 1.807) is 59.1 Å². The zero-order valence-corrected chi connectivity index (χ0v) is 22.6. The number of nitrogens with zero attached hydrogens (tertiary/aromatic N) is 1. The van der Waals surface area contributed by atoms with E-state index in [2.05, 4.69) is 5.32 Å². The van der Waals surface area contributed by atoms with E-state index in [0.29, 0.717) is 36.4 Å². The van der Waals surface area contributed by atoms with Gasteiger partial charge in [0.2, 0.25) is 0 Å². The van der Waals surface area contributed by atoms with Crippen LogP contribution < -0.4 is 5.32 Å². The van der Waals surface area contributed by atoms with Crippen molar-refractivity contribution >= 4 is 23.6 Å². The SMILES string of the molecule is CCCN(CCC)C(=O)c1cc(C)cc(C(=O)NC(Cc2ccc(O)cc2)C(O)C(O)CCSC)c1. The van der Waals surface area contributed by atoms with Crippen molar-refractivity contribution < 1.29 is 24.9 Å². The van der Waals surface area contributed by atoms with Crippen LogP contribution >= 0.6 is 11.8 Å². The molecule has 36 heavy (non-hydrogen) atoms. The minimum absolute atomic E-state index is 0.107. The molecule has 8 heteroatoms. The topological polar surface area (TPSA) is 110 Å². The molecule has 3 atom stereocenters. The monoisotopic (exact) mass is 516 g/mol. The number of rotatable bonds is 14. The Bertz CT molecular complexity index is 976. The van der Waals surface area contributed by atoms with Crippen LogP contribution in [0.4, 0.5) is 0 Å². The smallest absolute Gasteiger partial charge is 0.253 e. The summed E-state index contributed by atoms with van der Waals surface area (Å²) in [6, 6.07) is 10.8. The van der Waals surface area contributed by atoms with Crippen molar-refractivity contribution in [1.29, 1.82) is 0 Å². The van der Waals surface area contributed by atoms with Crippen LogP contribution in [0.1, 0.15) is 65.0 Å². The maximum absolute atomic E-state index is 13.3. The highest BCUT2D eigenvalue weighted by Crippen LogP contribution is 2.18. The molecular weight excluding hydrogens is 476 g/mol. The molecule has 2 aromatic rings. The van der Waals surface area contributed by atoms with Gasteiger partial charge < -0.3 is 25.5 Å². The summed E-state index contributed by atoms with van der Waals surface area (Å²) < 4.78 is 0. The fraction of sp³-hybridized carbons (Fsp3) is 0.500. The van der Waals surface area contributed by atoms with E-state index in [9.17, 15) is 24.9 Å². The third-order valence-corrected chi connectivity index (χ3v) is 6.64. The largest absolute Gasteiger partial charge is 0.508 e. The van der Waals surface area contributed by atoms with Gasteiger partial charge in [0.1, 0.15) is 11.9 Å². The van der Waals surface area contributed by atoms with Crippen molar-refractivity contribution in [2.24, 2.45) is 0 Å². The lowest BCUT2D eigenvalue weighted by molar-refractivity contribution is -0.00406. The van der Waals surface area contributed by atoms with Crippen molar-refractivity contribution in [3.63, 3.8) is 0 Å². The van der Waals surface area contributed by atoms with Crippen LogP contribution in [-0.4, -0.2) is 75.4 Å². The minimum Gasteiger partial charge on any atom is -0.508 e. The number of aliphatic hydroxyl groups is 2. The van der Waals surface area contributed by atoms with Crippen molar-refractivity contribution in [3.8, 4) is 5.75 Å². The molecule has 2 rings (SSSR count). The highest BCUT2D eigenvalue weighted by atomic mass is 32.2. The van der Waals surface area contributed by atoms with Crippen LogP contribution in [0.3, 0.4) is 0 Å². The van der Waals surface area contributed by atoms with Crippen LogP contribution in [0.5, 0.6) is 5.75 Å². The number of carbonyl (C=O) groups is 2. The summed E-state index contributed by atoms with van der Waals surface area (Å²) in [7, 11) is 0. The van der Waals surface area contributed by atoms with Crippen LogP contribution in [-0.2, 0) is 6.42 Å². The molecule has 0 fully saturated rings. The van der Waals surface area contributed by atoms with Gasteiger partial charge in [-0.3, -0.25) is 9.59 Å². The molecular formula is C28H40N2O5S. The fourth-order valence-electron chi connectivity index (χ4n) is 4.15. The van der Waals surface area contributed by atoms with E-state index in [-0.39, 0.29) is 18.1 Å². The number of hydrogen-bond acceptors (Lipinski definition) is 6. The molecule has 0 aliphatic rings. The van der Waals surface area contributed by atoms with E-state index >= 15 is 0 Å². The minimum atomic E-state index is -1.19. The molecule has 0 spiro atoms. The number of benzene rings is 2. The molecule has 2 amide bonds. The maximum Gasteiger partial charge on any atom is 0.253 e. The summed E-state index contributed by atoms with van der Waals surface area (Å²) >= 11 is 1.57. The summed E-state index contributed by atoms with van der Waals surface area (Å²) in [6.45, 7) is 7.19. The maximum atomic E-state index is 13.3. The van der Waals surface area contributed by atoms with Crippen LogP contribution in [0.2, 0.25) is 0 Å². The number of phenolic OH excluding ortho intramolecular Hbond substituents is 1. The summed E-state index contributed by atoms with van der Waals surface area (Å²) in [4.78, 5) is 28.3. The van der Waals surface area contributed by atoms with Gasteiger partial charge in [0, 0.05) is 24.2 Å². The average Bonchev–Trinajstić information content (AvgIpc) is 2.86. The van der Waals surface area contributed by atoms with Crippen molar-refractivity contribution in [2.75, 3.05) is 25.1 Å². The Kier molecular flexibility index (Phi) is 12.3. The predicted octanol–water partition coefficient (Wildman–Crippen LogP) is 3.78. The highest BCUT2D eigenvalue weighted by Gasteiger charge is 2.28. The normalized spacial score (nSPS) is 13.6. The van der Waals surface area contributed by atoms with E-state index < -0.39 is 24.2 Å². The molecule has 0 bridgehead atoms. The first-order valence-corrected chi connectivity index (χ1v) is 13.9. The third kappa shape index (κ3) is 8.84. The lowest BCUT2D eigenvalue weighted by atomic mass is 9.95. The van der Waals surface area contributed by atoms with Crippen LogP contribution in [0.15, 0.2) is 42.5 Å². The van der Waals surface area contributed by atoms with Crippen molar-refractivity contribution in [3.05, 3.63) is 64.7 Å². The molecule has 0 aromatic heterocycles. The van der Waals surface area contributed by atoms with Gasteiger partial charge in [0.25, 0.3) is 11.8 Å². The summed E-state index contributed by atoms with van der Waals surface area (Å²) in [6.07, 6.45) is 2.07. The third-order valence-electron chi connectivity index (χ3n) is 5.99. The van der Waals surface area contributed by atoms with Gasteiger partial charge in [-0.2, -0.15) is 11.8 Å². The van der Waals surface area contributed by atoms with Crippen molar-refractivity contribution in [1.82, 2.24) is 10.2 Å². The molecule has 0 radical (unpaired) electrons. The van der Waals surface area contributed by atoms with Gasteiger partial charge in [0.05, 0.1) is 12.1 Å². The average molecular weight is 517 g/mol. The van der Waals surface area contributed by atoms with Crippen molar-refractivity contribution in [2.45, 2.75) is 64.7 Å². The molecule has 2 aromatic carbocycles. The van der Waals surface area contributed by atoms with E-state index in [4.69, 9.17) is 0 Å². The second-order valence-corrected chi connectivity index (χ2v) is 10.2. The molecule has 7 nitrogen and oxygen atoms in total. The Balaban J connectivity index is 2.30. The number of aromatic hydroxyl groups is 1. The van der Waals surface area contributed by atoms with Gasteiger partial charge in [-0.05, 0) is 86.1 Å².